The molecule has 1 aliphatic rings. The van der Waals surface area contributed by atoms with E-state index in [2.05, 4.69) is 33.0 Å². The number of anilines is 1. The number of nitrogens with one attached hydrogen (secondary N) is 1. The van der Waals surface area contributed by atoms with Gasteiger partial charge in [0, 0.05) is 11.7 Å². The van der Waals surface area contributed by atoms with Crippen LogP contribution in [0.4, 0.5) is 10.1 Å². The van der Waals surface area contributed by atoms with Crippen LogP contribution >= 0.6 is 0 Å². The summed E-state index contributed by atoms with van der Waals surface area (Å²) in [6.45, 7) is 11.2. The molecule has 1 aromatic rings. The molecule has 2 rings (SSSR count). The molecule has 0 aromatic heterocycles. The van der Waals surface area contributed by atoms with Crippen molar-refractivity contribution in [2.24, 2.45) is 10.8 Å². The van der Waals surface area contributed by atoms with Gasteiger partial charge in [-0.1, -0.05) is 27.7 Å². The molecule has 2 heteroatoms. The molecule has 0 radical (unpaired) electrons. The molecule has 0 amide bonds. The van der Waals surface area contributed by atoms with Crippen LogP contribution in [-0.4, -0.2) is 6.04 Å². The Morgan fingerprint density at radius 2 is 1.68 bits per heavy atom. The van der Waals surface area contributed by atoms with Crippen molar-refractivity contribution in [2.75, 3.05) is 5.32 Å². The van der Waals surface area contributed by atoms with Gasteiger partial charge in [-0.05, 0) is 60.8 Å². The van der Waals surface area contributed by atoms with Crippen LogP contribution in [0.2, 0.25) is 0 Å². The van der Waals surface area contributed by atoms with Crippen molar-refractivity contribution in [3.8, 4) is 0 Å². The molecule has 1 aliphatic carbocycles. The standard InChI is InChI=1S/C17H26FN/c1-12-8-13(6-7-15(12)18)19-14-9-16(2,3)11-17(4,5)10-14/h6-8,14,19H,9-11H2,1-5H3. The minimum atomic E-state index is -0.130. The van der Waals surface area contributed by atoms with E-state index < -0.39 is 0 Å². The average Bonchev–Trinajstić information content (AvgIpc) is 2.18. The van der Waals surface area contributed by atoms with Crippen molar-refractivity contribution in [3.05, 3.63) is 29.6 Å². The van der Waals surface area contributed by atoms with Gasteiger partial charge in [0.1, 0.15) is 5.82 Å². The molecule has 0 unspecified atom stereocenters. The van der Waals surface area contributed by atoms with E-state index in [4.69, 9.17) is 0 Å². The van der Waals surface area contributed by atoms with E-state index in [1.54, 1.807) is 6.07 Å². The molecule has 0 bridgehead atoms. The Bertz CT molecular complexity index is 446. The van der Waals surface area contributed by atoms with Crippen LogP contribution in [0.3, 0.4) is 0 Å². The van der Waals surface area contributed by atoms with Crippen LogP contribution in [0.15, 0.2) is 18.2 Å². The van der Waals surface area contributed by atoms with Gasteiger partial charge in [0.2, 0.25) is 0 Å². The summed E-state index contributed by atoms with van der Waals surface area (Å²) in [6.07, 6.45) is 3.61. The maximum absolute atomic E-state index is 13.3. The summed E-state index contributed by atoms with van der Waals surface area (Å²) in [7, 11) is 0. The molecule has 1 saturated carbocycles. The number of rotatable bonds is 2. The van der Waals surface area contributed by atoms with Crippen molar-refractivity contribution in [1.82, 2.24) is 0 Å². The van der Waals surface area contributed by atoms with Crippen LogP contribution in [-0.2, 0) is 0 Å². The molecule has 1 nitrogen and oxygen atoms in total. The van der Waals surface area contributed by atoms with E-state index in [1.807, 2.05) is 19.1 Å². The van der Waals surface area contributed by atoms with Crippen LogP contribution in [0, 0.1) is 23.6 Å². The maximum Gasteiger partial charge on any atom is 0.126 e. The Morgan fingerprint density at radius 1 is 1.11 bits per heavy atom. The van der Waals surface area contributed by atoms with E-state index in [-0.39, 0.29) is 5.82 Å². The van der Waals surface area contributed by atoms with Crippen LogP contribution < -0.4 is 5.32 Å². The van der Waals surface area contributed by atoms with Crippen molar-refractivity contribution >= 4 is 5.69 Å². The quantitative estimate of drug-likeness (QED) is 0.778. The second-order valence-electron chi connectivity index (χ2n) is 7.72. The summed E-state index contributed by atoms with van der Waals surface area (Å²) < 4.78 is 13.3. The molecule has 1 aromatic carbocycles. The van der Waals surface area contributed by atoms with E-state index in [9.17, 15) is 4.39 Å². The Hall–Kier alpha value is -1.05. The molecule has 1 fully saturated rings. The summed E-state index contributed by atoms with van der Waals surface area (Å²) in [5, 5.41) is 3.59. The fraction of sp³-hybridized carbons (Fsp3) is 0.647. The minimum Gasteiger partial charge on any atom is -0.382 e. The number of halogens is 1. The highest BCUT2D eigenvalue weighted by atomic mass is 19.1. The molecule has 0 heterocycles. The average molecular weight is 263 g/mol. The number of aryl methyl sites for hydroxylation is 1. The third-order valence-corrected chi connectivity index (χ3v) is 4.08. The first-order valence-electron chi connectivity index (χ1n) is 7.20. The summed E-state index contributed by atoms with van der Waals surface area (Å²) in [5.41, 5.74) is 2.49. The highest BCUT2D eigenvalue weighted by Gasteiger charge is 2.38. The van der Waals surface area contributed by atoms with Crippen molar-refractivity contribution in [1.29, 1.82) is 0 Å². The van der Waals surface area contributed by atoms with Crippen LogP contribution in [0.1, 0.15) is 52.5 Å². The fourth-order valence-electron chi connectivity index (χ4n) is 3.92. The predicted octanol–water partition coefficient (Wildman–Crippen LogP) is 5.15. The lowest BCUT2D eigenvalue weighted by molar-refractivity contribution is 0.105. The van der Waals surface area contributed by atoms with Gasteiger partial charge in [0.25, 0.3) is 0 Å². The number of benzene rings is 1. The van der Waals surface area contributed by atoms with Crippen molar-refractivity contribution < 1.29 is 4.39 Å². The zero-order chi connectivity index (χ0) is 14.3. The monoisotopic (exact) mass is 263 g/mol. The molecule has 106 valence electrons. The van der Waals surface area contributed by atoms with Gasteiger partial charge in [0.15, 0.2) is 0 Å². The maximum atomic E-state index is 13.3. The molecular formula is C17H26FN. The first-order chi connectivity index (χ1) is 8.67. The Balaban J connectivity index is 2.11. The lowest BCUT2D eigenvalue weighted by Gasteiger charge is -2.45. The molecule has 0 spiro atoms. The zero-order valence-corrected chi connectivity index (χ0v) is 12.8. The summed E-state index contributed by atoms with van der Waals surface area (Å²) in [4.78, 5) is 0. The highest BCUT2D eigenvalue weighted by Crippen LogP contribution is 2.46. The summed E-state index contributed by atoms with van der Waals surface area (Å²) >= 11 is 0. The Labute approximate surface area is 116 Å². The Kier molecular flexibility index (Phi) is 3.63. The van der Waals surface area contributed by atoms with E-state index >= 15 is 0 Å². The first-order valence-corrected chi connectivity index (χ1v) is 7.20. The highest BCUT2D eigenvalue weighted by molar-refractivity contribution is 5.46. The first kappa shape index (κ1) is 14.4. The molecule has 0 saturated heterocycles. The van der Waals surface area contributed by atoms with E-state index in [0.717, 1.165) is 5.69 Å². The third kappa shape index (κ3) is 3.71. The van der Waals surface area contributed by atoms with Gasteiger partial charge in [-0.15, -0.1) is 0 Å². The predicted molar refractivity (Wildman–Crippen MR) is 80.0 cm³/mol. The molecule has 0 atom stereocenters. The normalized spacial score (nSPS) is 22.2. The van der Waals surface area contributed by atoms with Crippen molar-refractivity contribution in [3.63, 3.8) is 0 Å². The van der Waals surface area contributed by atoms with Crippen LogP contribution in [0.25, 0.3) is 0 Å². The lowest BCUT2D eigenvalue weighted by Crippen LogP contribution is -2.40. The molecular weight excluding hydrogens is 237 g/mol. The number of hydrogen-bond donors (Lipinski definition) is 1. The largest absolute Gasteiger partial charge is 0.382 e. The second-order valence-corrected chi connectivity index (χ2v) is 7.72. The Morgan fingerprint density at radius 3 is 2.21 bits per heavy atom. The fourth-order valence-corrected chi connectivity index (χ4v) is 3.92. The molecule has 1 N–H and O–H groups in total. The van der Waals surface area contributed by atoms with Gasteiger partial charge in [-0.2, -0.15) is 0 Å². The van der Waals surface area contributed by atoms with Gasteiger partial charge in [-0.3, -0.25) is 0 Å². The minimum absolute atomic E-state index is 0.130. The second kappa shape index (κ2) is 4.81. The SMILES string of the molecule is Cc1cc(NC2CC(C)(C)CC(C)(C)C2)ccc1F. The summed E-state index contributed by atoms with van der Waals surface area (Å²) in [5.74, 6) is -0.130. The molecule has 19 heavy (non-hydrogen) atoms. The smallest absolute Gasteiger partial charge is 0.126 e. The number of hydrogen-bond acceptors (Lipinski definition) is 1. The van der Waals surface area contributed by atoms with Gasteiger partial charge in [0.05, 0.1) is 0 Å². The van der Waals surface area contributed by atoms with Gasteiger partial charge in [-0.25, -0.2) is 4.39 Å². The lowest BCUT2D eigenvalue weighted by atomic mass is 9.63. The van der Waals surface area contributed by atoms with Crippen molar-refractivity contribution in [2.45, 2.75) is 59.9 Å². The van der Waals surface area contributed by atoms with Crippen LogP contribution in [0.5, 0.6) is 0 Å². The topological polar surface area (TPSA) is 12.0 Å². The van der Waals surface area contributed by atoms with Gasteiger partial charge < -0.3 is 5.32 Å². The van der Waals surface area contributed by atoms with E-state index in [0.29, 0.717) is 22.4 Å². The molecule has 0 aliphatic heterocycles. The van der Waals surface area contributed by atoms with E-state index in [1.165, 1.54) is 19.3 Å². The van der Waals surface area contributed by atoms with Gasteiger partial charge >= 0.3 is 0 Å². The summed E-state index contributed by atoms with van der Waals surface area (Å²) in [6, 6.07) is 5.78. The third-order valence-electron chi connectivity index (χ3n) is 4.08. The zero-order valence-electron chi connectivity index (χ0n) is 12.8.